The van der Waals surface area contributed by atoms with Gasteiger partial charge in [-0.15, -0.1) is 0 Å². The van der Waals surface area contributed by atoms with Crippen molar-refractivity contribution >= 4 is 31.9 Å². The zero-order chi connectivity index (χ0) is 14.7. The minimum Gasteiger partial charge on any atom is -0.493 e. The van der Waals surface area contributed by atoms with Crippen LogP contribution in [0.5, 0.6) is 5.75 Å². The number of halogens is 3. The van der Waals surface area contributed by atoms with Crippen LogP contribution < -0.4 is 4.74 Å². The van der Waals surface area contributed by atoms with Gasteiger partial charge in [0, 0.05) is 5.56 Å². The van der Waals surface area contributed by atoms with Gasteiger partial charge in [0.1, 0.15) is 17.7 Å². The van der Waals surface area contributed by atoms with Crippen LogP contribution in [0.15, 0.2) is 45.3 Å². The molecule has 0 heterocycles. The second kappa shape index (κ2) is 6.70. The van der Waals surface area contributed by atoms with Crippen LogP contribution in [0.1, 0.15) is 24.2 Å². The lowest BCUT2D eigenvalue weighted by molar-refractivity contribution is 0.214. The average molecular weight is 404 g/mol. The first-order valence-corrected chi connectivity index (χ1v) is 7.67. The first-order chi connectivity index (χ1) is 9.54. The second-order valence-electron chi connectivity index (χ2n) is 4.17. The predicted octanol–water partition coefficient (Wildman–Crippen LogP) is 4.83. The van der Waals surface area contributed by atoms with Crippen LogP contribution in [0.3, 0.4) is 0 Å². The van der Waals surface area contributed by atoms with Gasteiger partial charge in [-0.1, -0.05) is 18.2 Å². The number of aliphatic hydroxyl groups excluding tert-OH is 1. The Morgan fingerprint density at radius 3 is 2.60 bits per heavy atom. The largest absolute Gasteiger partial charge is 0.493 e. The molecular weight excluding hydrogens is 391 g/mol. The Kier molecular flexibility index (Phi) is 5.18. The Morgan fingerprint density at radius 2 is 1.95 bits per heavy atom. The van der Waals surface area contributed by atoms with Crippen molar-refractivity contribution in [2.24, 2.45) is 0 Å². The number of ether oxygens (including phenoxy) is 1. The van der Waals surface area contributed by atoms with Crippen molar-refractivity contribution in [3.05, 3.63) is 62.3 Å². The second-order valence-corrected chi connectivity index (χ2v) is 5.88. The third kappa shape index (κ3) is 3.22. The molecule has 1 atom stereocenters. The van der Waals surface area contributed by atoms with Crippen LogP contribution in [-0.2, 0) is 0 Å². The van der Waals surface area contributed by atoms with Gasteiger partial charge in [-0.05, 0) is 62.5 Å². The van der Waals surface area contributed by atoms with Crippen molar-refractivity contribution in [1.29, 1.82) is 0 Å². The highest BCUT2D eigenvalue weighted by Crippen LogP contribution is 2.33. The topological polar surface area (TPSA) is 29.5 Å². The van der Waals surface area contributed by atoms with Crippen LogP contribution >= 0.6 is 31.9 Å². The monoisotopic (exact) mass is 402 g/mol. The summed E-state index contributed by atoms with van der Waals surface area (Å²) in [5.41, 5.74) is 0.827. The molecule has 2 nitrogen and oxygen atoms in total. The maximum atomic E-state index is 14.0. The van der Waals surface area contributed by atoms with Crippen LogP contribution in [0.25, 0.3) is 0 Å². The van der Waals surface area contributed by atoms with Gasteiger partial charge >= 0.3 is 0 Å². The van der Waals surface area contributed by atoms with Crippen molar-refractivity contribution in [3.8, 4) is 5.75 Å². The van der Waals surface area contributed by atoms with E-state index in [4.69, 9.17) is 4.74 Å². The molecule has 1 unspecified atom stereocenters. The van der Waals surface area contributed by atoms with E-state index in [9.17, 15) is 9.50 Å². The Labute approximate surface area is 133 Å². The molecule has 0 aromatic heterocycles. The third-order valence-electron chi connectivity index (χ3n) is 2.85. The fourth-order valence-electron chi connectivity index (χ4n) is 1.87. The molecule has 0 aliphatic carbocycles. The molecule has 0 fully saturated rings. The van der Waals surface area contributed by atoms with E-state index >= 15 is 0 Å². The summed E-state index contributed by atoms with van der Waals surface area (Å²) in [4.78, 5) is 0. The molecule has 0 bridgehead atoms. The van der Waals surface area contributed by atoms with Crippen LogP contribution in [0.4, 0.5) is 4.39 Å². The van der Waals surface area contributed by atoms with Gasteiger partial charge in [-0.2, -0.15) is 0 Å². The molecule has 106 valence electrons. The quantitative estimate of drug-likeness (QED) is 0.791. The molecule has 20 heavy (non-hydrogen) atoms. The van der Waals surface area contributed by atoms with Crippen molar-refractivity contribution < 1.29 is 14.2 Å². The summed E-state index contributed by atoms with van der Waals surface area (Å²) in [5.74, 6) is 0.239. The predicted molar refractivity (Wildman–Crippen MR) is 83.5 cm³/mol. The molecule has 0 aliphatic heterocycles. The van der Waals surface area contributed by atoms with E-state index in [1.165, 1.54) is 0 Å². The van der Waals surface area contributed by atoms with E-state index in [1.54, 1.807) is 36.4 Å². The Hall–Kier alpha value is -0.910. The van der Waals surface area contributed by atoms with Crippen molar-refractivity contribution in [1.82, 2.24) is 0 Å². The highest BCUT2D eigenvalue weighted by molar-refractivity contribution is 9.10. The SMILES string of the molecule is CCOc1ccc(C(O)c2cccc(Br)c2F)cc1Br. The maximum Gasteiger partial charge on any atom is 0.143 e. The molecule has 2 aromatic carbocycles. The third-order valence-corrected chi connectivity index (χ3v) is 4.08. The average Bonchev–Trinajstić information content (AvgIpc) is 2.43. The van der Waals surface area contributed by atoms with E-state index in [0.29, 0.717) is 22.4 Å². The van der Waals surface area contributed by atoms with Gasteiger partial charge in [-0.3, -0.25) is 0 Å². The zero-order valence-corrected chi connectivity index (χ0v) is 13.9. The number of aliphatic hydroxyl groups is 1. The summed E-state index contributed by atoms with van der Waals surface area (Å²) < 4.78 is 20.5. The Bertz CT molecular complexity index is 617. The van der Waals surface area contributed by atoms with Crippen LogP contribution in [0.2, 0.25) is 0 Å². The van der Waals surface area contributed by atoms with Crippen molar-refractivity contribution in [2.45, 2.75) is 13.0 Å². The molecule has 5 heteroatoms. The first kappa shape index (κ1) is 15.5. The van der Waals surface area contributed by atoms with Crippen LogP contribution in [-0.4, -0.2) is 11.7 Å². The minimum absolute atomic E-state index is 0.232. The van der Waals surface area contributed by atoms with E-state index in [-0.39, 0.29) is 5.56 Å². The fraction of sp³-hybridized carbons (Fsp3) is 0.200. The number of hydrogen-bond acceptors (Lipinski definition) is 2. The lowest BCUT2D eigenvalue weighted by atomic mass is 10.0. The van der Waals surface area contributed by atoms with Gasteiger partial charge in [-0.25, -0.2) is 4.39 Å². The molecule has 0 amide bonds. The van der Waals surface area contributed by atoms with Gasteiger partial charge in [0.05, 0.1) is 15.6 Å². The normalized spacial score (nSPS) is 12.2. The molecular formula is C15H13Br2FO2. The van der Waals surface area contributed by atoms with Gasteiger partial charge in [0.25, 0.3) is 0 Å². The summed E-state index contributed by atoms with van der Waals surface area (Å²) in [6.45, 7) is 2.45. The molecule has 2 rings (SSSR count). The molecule has 0 aliphatic rings. The number of hydrogen-bond donors (Lipinski definition) is 1. The fourth-order valence-corrected chi connectivity index (χ4v) is 2.76. The minimum atomic E-state index is -1.03. The highest BCUT2D eigenvalue weighted by atomic mass is 79.9. The highest BCUT2D eigenvalue weighted by Gasteiger charge is 2.17. The standard InChI is InChI=1S/C15H13Br2FO2/c1-2-20-13-7-6-9(8-12(13)17)15(19)10-4-3-5-11(16)14(10)18/h3-8,15,19H,2H2,1H3. The van der Waals surface area contributed by atoms with Crippen molar-refractivity contribution in [2.75, 3.05) is 6.61 Å². The Balaban J connectivity index is 2.36. The van der Waals surface area contributed by atoms with E-state index < -0.39 is 11.9 Å². The van der Waals surface area contributed by atoms with Gasteiger partial charge in [0.2, 0.25) is 0 Å². The van der Waals surface area contributed by atoms with Gasteiger partial charge < -0.3 is 9.84 Å². The van der Waals surface area contributed by atoms with Gasteiger partial charge in [0.15, 0.2) is 0 Å². The first-order valence-electron chi connectivity index (χ1n) is 6.08. The van der Waals surface area contributed by atoms with Crippen molar-refractivity contribution in [3.63, 3.8) is 0 Å². The maximum absolute atomic E-state index is 14.0. The zero-order valence-electron chi connectivity index (χ0n) is 10.7. The number of benzene rings is 2. The molecule has 0 spiro atoms. The molecule has 0 saturated carbocycles. The van der Waals surface area contributed by atoms with E-state index in [1.807, 2.05) is 6.92 Å². The lowest BCUT2D eigenvalue weighted by Crippen LogP contribution is -2.03. The lowest BCUT2D eigenvalue weighted by Gasteiger charge is -2.15. The van der Waals surface area contributed by atoms with E-state index in [2.05, 4.69) is 31.9 Å². The summed E-state index contributed by atoms with van der Waals surface area (Å²) >= 11 is 6.50. The Morgan fingerprint density at radius 1 is 1.20 bits per heavy atom. The smallest absolute Gasteiger partial charge is 0.143 e. The summed E-state index contributed by atoms with van der Waals surface area (Å²) in [7, 11) is 0. The molecule has 1 N–H and O–H groups in total. The summed E-state index contributed by atoms with van der Waals surface area (Å²) in [5, 5.41) is 10.3. The molecule has 0 radical (unpaired) electrons. The summed E-state index contributed by atoms with van der Waals surface area (Å²) in [6, 6.07) is 10.1. The number of rotatable bonds is 4. The molecule has 2 aromatic rings. The summed E-state index contributed by atoms with van der Waals surface area (Å²) in [6.07, 6.45) is -1.03. The van der Waals surface area contributed by atoms with E-state index in [0.717, 1.165) is 4.47 Å². The van der Waals surface area contributed by atoms with Crippen LogP contribution in [0, 0.1) is 5.82 Å². The molecule has 0 saturated heterocycles.